The highest BCUT2D eigenvalue weighted by Crippen LogP contribution is 2.44. The summed E-state index contributed by atoms with van der Waals surface area (Å²) in [6.45, 7) is 0. The lowest BCUT2D eigenvalue weighted by Gasteiger charge is -2.27. The summed E-state index contributed by atoms with van der Waals surface area (Å²) in [5, 5.41) is 3.80. The molecule has 0 radical (unpaired) electrons. The van der Waals surface area contributed by atoms with Crippen molar-refractivity contribution in [3.8, 4) is 44.5 Å². The summed E-state index contributed by atoms with van der Waals surface area (Å²) in [5.41, 5.74) is 15.3. The zero-order valence-electron chi connectivity index (χ0n) is 29.7. The molecule has 2 aromatic heterocycles. The Morgan fingerprint density at radius 1 is 0.352 bits per heavy atom. The van der Waals surface area contributed by atoms with Gasteiger partial charge in [0.2, 0.25) is 0 Å². The van der Waals surface area contributed by atoms with Crippen molar-refractivity contribution in [2.75, 3.05) is 4.90 Å². The van der Waals surface area contributed by atoms with Crippen LogP contribution in [-0.2, 0) is 0 Å². The SMILES string of the molecule is c1ccc(-c2cc(-c3ccccc3)cc(N(c3ccccc3)c3ccc(-c4cccn5c4c(-c4ccccc4)c4c6ccccc6ccc45)cc3)c2)cc1. The molecule has 0 spiro atoms. The maximum absolute atomic E-state index is 2.38. The van der Waals surface area contributed by atoms with Gasteiger partial charge in [-0.25, -0.2) is 0 Å². The van der Waals surface area contributed by atoms with E-state index in [2.05, 4.69) is 228 Å². The molecule has 0 unspecified atom stereocenters. The first-order valence-corrected chi connectivity index (χ1v) is 18.5. The number of aromatic nitrogens is 1. The van der Waals surface area contributed by atoms with Crippen LogP contribution in [0.1, 0.15) is 0 Å². The molecular formula is C52H36N2. The maximum Gasteiger partial charge on any atom is 0.0619 e. The summed E-state index contributed by atoms with van der Waals surface area (Å²) in [7, 11) is 0. The van der Waals surface area contributed by atoms with Crippen molar-refractivity contribution in [3.05, 3.63) is 219 Å². The molecule has 2 nitrogen and oxygen atoms in total. The quantitative estimate of drug-likeness (QED) is 0.162. The number of fused-ring (bicyclic) bond motifs is 5. The number of hydrogen-bond donors (Lipinski definition) is 0. The van der Waals surface area contributed by atoms with Crippen LogP contribution in [0.4, 0.5) is 17.1 Å². The van der Waals surface area contributed by atoms with E-state index in [9.17, 15) is 0 Å². The Morgan fingerprint density at radius 3 is 1.56 bits per heavy atom. The highest BCUT2D eigenvalue weighted by Gasteiger charge is 2.20. The molecule has 0 fully saturated rings. The molecular weight excluding hydrogens is 653 g/mol. The van der Waals surface area contributed by atoms with Crippen LogP contribution >= 0.6 is 0 Å². The number of pyridine rings is 1. The van der Waals surface area contributed by atoms with E-state index in [0.717, 1.165) is 17.1 Å². The molecule has 2 heterocycles. The number of hydrogen-bond acceptors (Lipinski definition) is 1. The number of nitrogens with zero attached hydrogens (tertiary/aromatic N) is 2. The third-order valence-corrected chi connectivity index (χ3v) is 10.6. The molecule has 0 bridgehead atoms. The Hall–Kier alpha value is -7.16. The molecule has 0 N–H and O–H groups in total. The van der Waals surface area contributed by atoms with Crippen molar-refractivity contribution in [2.45, 2.75) is 0 Å². The van der Waals surface area contributed by atoms with Gasteiger partial charge in [0, 0.05) is 39.8 Å². The molecule has 10 rings (SSSR count). The summed E-state index contributed by atoms with van der Waals surface area (Å²) in [6.07, 6.45) is 2.21. The summed E-state index contributed by atoms with van der Waals surface area (Å²) < 4.78 is 2.38. The summed E-state index contributed by atoms with van der Waals surface area (Å²) >= 11 is 0. The van der Waals surface area contributed by atoms with E-state index in [1.807, 2.05) is 0 Å². The maximum atomic E-state index is 2.38. The van der Waals surface area contributed by atoms with Crippen molar-refractivity contribution in [1.82, 2.24) is 4.40 Å². The van der Waals surface area contributed by atoms with Crippen LogP contribution in [0.5, 0.6) is 0 Å². The van der Waals surface area contributed by atoms with E-state index in [4.69, 9.17) is 0 Å². The molecule has 0 amide bonds. The fraction of sp³-hybridized carbons (Fsp3) is 0. The minimum atomic E-state index is 1.09. The number of benzene rings is 8. The Balaban J connectivity index is 1.16. The van der Waals surface area contributed by atoms with Gasteiger partial charge in [0.15, 0.2) is 0 Å². The first-order chi connectivity index (χ1) is 26.8. The van der Waals surface area contributed by atoms with Crippen LogP contribution < -0.4 is 4.90 Å². The number of anilines is 3. The summed E-state index contributed by atoms with van der Waals surface area (Å²) in [5.74, 6) is 0. The number of para-hydroxylation sites is 1. The average molecular weight is 689 g/mol. The van der Waals surface area contributed by atoms with Gasteiger partial charge >= 0.3 is 0 Å². The van der Waals surface area contributed by atoms with Gasteiger partial charge in [-0.05, 0) is 98.8 Å². The predicted molar refractivity (Wildman–Crippen MR) is 229 cm³/mol. The highest BCUT2D eigenvalue weighted by atomic mass is 15.1. The van der Waals surface area contributed by atoms with Crippen molar-refractivity contribution >= 4 is 44.3 Å². The largest absolute Gasteiger partial charge is 0.315 e. The van der Waals surface area contributed by atoms with E-state index in [1.165, 1.54) is 71.7 Å². The molecule has 0 saturated carbocycles. The Labute approximate surface area is 315 Å². The van der Waals surface area contributed by atoms with Crippen LogP contribution in [-0.4, -0.2) is 4.40 Å². The second kappa shape index (κ2) is 13.4. The van der Waals surface area contributed by atoms with Crippen molar-refractivity contribution in [1.29, 1.82) is 0 Å². The minimum Gasteiger partial charge on any atom is -0.315 e. The van der Waals surface area contributed by atoms with Crippen molar-refractivity contribution < 1.29 is 0 Å². The fourth-order valence-electron chi connectivity index (χ4n) is 8.07. The fourth-order valence-corrected chi connectivity index (χ4v) is 8.07. The molecule has 2 heteroatoms. The topological polar surface area (TPSA) is 7.65 Å². The second-order valence-corrected chi connectivity index (χ2v) is 13.8. The van der Waals surface area contributed by atoms with Gasteiger partial charge in [0.25, 0.3) is 0 Å². The third-order valence-electron chi connectivity index (χ3n) is 10.6. The molecule has 0 aliphatic rings. The average Bonchev–Trinajstić information content (AvgIpc) is 3.61. The van der Waals surface area contributed by atoms with Crippen LogP contribution in [0.15, 0.2) is 219 Å². The van der Waals surface area contributed by atoms with E-state index >= 15 is 0 Å². The lowest BCUT2D eigenvalue weighted by Crippen LogP contribution is -2.10. The molecule has 0 saturated heterocycles. The van der Waals surface area contributed by atoms with Gasteiger partial charge < -0.3 is 9.30 Å². The lowest BCUT2D eigenvalue weighted by molar-refractivity contribution is 1.25. The van der Waals surface area contributed by atoms with E-state index in [1.54, 1.807) is 0 Å². The zero-order chi connectivity index (χ0) is 35.8. The molecule has 0 aliphatic heterocycles. The summed E-state index contributed by atoms with van der Waals surface area (Å²) in [6, 6.07) is 76.6. The Kier molecular flexibility index (Phi) is 7.85. The number of rotatable bonds is 7. The highest BCUT2D eigenvalue weighted by molar-refractivity contribution is 6.20. The first-order valence-electron chi connectivity index (χ1n) is 18.5. The minimum absolute atomic E-state index is 1.09. The normalized spacial score (nSPS) is 11.3. The third kappa shape index (κ3) is 5.53. The van der Waals surface area contributed by atoms with E-state index in [-0.39, 0.29) is 0 Å². The van der Waals surface area contributed by atoms with Crippen LogP contribution in [0.25, 0.3) is 71.7 Å². The van der Waals surface area contributed by atoms with Crippen LogP contribution in [0, 0.1) is 0 Å². The molecule has 54 heavy (non-hydrogen) atoms. The lowest BCUT2D eigenvalue weighted by atomic mass is 9.95. The monoisotopic (exact) mass is 688 g/mol. The molecule has 0 aliphatic carbocycles. The van der Waals surface area contributed by atoms with E-state index < -0.39 is 0 Å². The Bertz CT molecular complexity index is 2840. The standard InChI is InChI=1S/C52H36N2/c1-5-16-37(17-6-1)42-34-43(38-18-7-2-8-19-38)36-46(35-42)54(44-23-11-4-12-24-44)45-30-27-40(28-31-45)48-26-15-33-53-49-32-29-39-20-13-14-25-47(39)51(49)50(52(48)53)41-21-9-3-10-22-41/h1-36H. The molecule has 254 valence electrons. The van der Waals surface area contributed by atoms with Crippen LogP contribution in [0.3, 0.4) is 0 Å². The predicted octanol–water partition coefficient (Wildman–Crippen LogP) is 14.4. The molecule has 10 aromatic rings. The van der Waals surface area contributed by atoms with Gasteiger partial charge in [0.1, 0.15) is 0 Å². The summed E-state index contributed by atoms with van der Waals surface area (Å²) in [4.78, 5) is 2.37. The van der Waals surface area contributed by atoms with Gasteiger partial charge in [-0.3, -0.25) is 0 Å². The molecule has 8 aromatic carbocycles. The van der Waals surface area contributed by atoms with Crippen molar-refractivity contribution in [3.63, 3.8) is 0 Å². The molecule has 0 atom stereocenters. The van der Waals surface area contributed by atoms with Crippen LogP contribution in [0.2, 0.25) is 0 Å². The van der Waals surface area contributed by atoms with Gasteiger partial charge in [0.05, 0.1) is 11.0 Å². The van der Waals surface area contributed by atoms with Gasteiger partial charge in [-0.15, -0.1) is 0 Å². The van der Waals surface area contributed by atoms with Crippen molar-refractivity contribution in [2.24, 2.45) is 0 Å². The second-order valence-electron chi connectivity index (χ2n) is 13.8. The first kappa shape index (κ1) is 31.6. The van der Waals surface area contributed by atoms with E-state index in [0.29, 0.717) is 0 Å². The smallest absolute Gasteiger partial charge is 0.0619 e. The zero-order valence-corrected chi connectivity index (χ0v) is 29.7. The van der Waals surface area contributed by atoms with Gasteiger partial charge in [-0.2, -0.15) is 0 Å². The van der Waals surface area contributed by atoms with Gasteiger partial charge in [-0.1, -0.05) is 158 Å². The Morgan fingerprint density at radius 2 is 0.907 bits per heavy atom.